The smallest absolute Gasteiger partial charge is 0.828 e. The second-order valence-electron chi connectivity index (χ2n) is 1.15. The van der Waals surface area contributed by atoms with Gasteiger partial charge in [0.2, 0.25) is 0 Å². The molecular formula is H6KLiO8Si2. The van der Waals surface area contributed by atoms with Crippen LogP contribution in [0.3, 0.4) is 0 Å². The molecule has 0 saturated heterocycles. The Labute approximate surface area is 125 Å². The maximum atomic E-state index is 8.80. The molecule has 8 nitrogen and oxygen atoms in total. The second kappa shape index (κ2) is 9.89. The van der Waals surface area contributed by atoms with Gasteiger partial charge in [-0.15, -0.1) is 0 Å². The van der Waals surface area contributed by atoms with Crippen molar-refractivity contribution in [2.45, 2.75) is 0 Å². The van der Waals surface area contributed by atoms with Crippen molar-refractivity contribution in [1.29, 1.82) is 0 Å². The van der Waals surface area contributed by atoms with Gasteiger partial charge in [-0.1, -0.05) is 0 Å². The Balaban J connectivity index is -0.0000000457. The molecular weight excluding hydrogens is 230 g/mol. The van der Waals surface area contributed by atoms with Crippen molar-refractivity contribution in [3.05, 3.63) is 0 Å². The Morgan fingerprint density at radius 1 is 0.750 bits per heavy atom. The zero-order valence-corrected chi connectivity index (χ0v) is 11.6. The van der Waals surface area contributed by atoms with E-state index in [1.807, 2.05) is 0 Å². The summed E-state index contributed by atoms with van der Waals surface area (Å²) in [5, 5.41) is 0. The summed E-state index contributed by atoms with van der Waals surface area (Å²) < 4.78 is 0. The number of hydrogen-bond donors (Lipinski definition) is 6. The first-order valence-corrected chi connectivity index (χ1v) is 5.25. The maximum absolute atomic E-state index is 8.80. The van der Waals surface area contributed by atoms with Gasteiger partial charge in [-0.2, -0.15) is 0 Å². The van der Waals surface area contributed by atoms with Crippen molar-refractivity contribution in [3.8, 4) is 0 Å². The first-order chi connectivity index (χ1) is 4.00. The van der Waals surface area contributed by atoms with Crippen molar-refractivity contribution < 1.29 is 109 Å². The third kappa shape index (κ3) is 289. The standard InChI is InChI=1S/K.Li.H4O4Si.H2O4Si/c;;2*1-5(2,3)4/h;;1-4H;1-2H/q2*+1;;-2. The molecule has 0 rings (SSSR count). The fourth-order valence-electron chi connectivity index (χ4n) is 0. The van der Waals surface area contributed by atoms with Gasteiger partial charge in [0, 0.05) is 0 Å². The molecule has 0 fully saturated rings. The van der Waals surface area contributed by atoms with E-state index >= 15 is 0 Å². The van der Waals surface area contributed by atoms with Crippen LogP contribution in [0.25, 0.3) is 0 Å². The summed E-state index contributed by atoms with van der Waals surface area (Å²) in [6.07, 6.45) is 0. The summed E-state index contributed by atoms with van der Waals surface area (Å²) in [6.45, 7) is 0. The molecule has 12 heavy (non-hydrogen) atoms. The average Bonchev–Trinajstić information content (AvgIpc) is 1.12. The Morgan fingerprint density at radius 2 is 0.750 bits per heavy atom. The van der Waals surface area contributed by atoms with Gasteiger partial charge in [0.25, 0.3) is 0 Å². The third-order valence-electron chi connectivity index (χ3n) is 0. The molecule has 6 N–H and O–H groups in total. The van der Waals surface area contributed by atoms with E-state index in [0.717, 1.165) is 0 Å². The van der Waals surface area contributed by atoms with Crippen LogP contribution in [-0.2, 0) is 0 Å². The second-order valence-corrected chi connectivity index (χ2v) is 3.45. The molecule has 0 atom stereocenters. The Kier molecular flexibility index (Phi) is 19.7. The molecule has 0 spiro atoms. The molecule has 0 aromatic rings. The van der Waals surface area contributed by atoms with Crippen LogP contribution in [0.2, 0.25) is 0 Å². The van der Waals surface area contributed by atoms with E-state index in [2.05, 4.69) is 0 Å². The predicted molar refractivity (Wildman–Crippen MR) is 24.8 cm³/mol. The van der Waals surface area contributed by atoms with Gasteiger partial charge >= 0.3 is 79.3 Å². The van der Waals surface area contributed by atoms with Gasteiger partial charge in [-0.3, -0.25) is 0 Å². The van der Waals surface area contributed by atoms with Crippen LogP contribution < -0.4 is 79.8 Å². The summed E-state index contributed by atoms with van der Waals surface area (Å²) in [5.74, 6) is 0. The summed E-state index contributed by atoms with van der Waals surface area (Å²) in [6, 6.07) is 0. The molecule has 12 heteroatoms. The van der Waals surface area contributed by atoms with Gasteiger partial charge in [-0.25, -0.2) is 0 Å². The zero-order valence-electron chi connectivity index (χ0n) is 6.50. The summed E-state index contributed by atoms with van der Waals surface area (Å²) in [4.78, 5) is 61.1. The van der Waals surface area contributed by atoms with Crippen LogP contribution in [0.1, 0.15) is 0 Å². The molecule has 64 valence electrons. The van der Waals surface area contributed by atoms with Crippen LogP contribution in [0.5, 0.6) is 0 Å². The zero-order chi connectivity index (χ0) is 9.00. The molecule has 0 radical (unpaired) electrons. The molecule has 0 unspecified atom stereocenters. The summed E-state index contributed by atoms with van der Waals surface area (Å²) in [5.41, 5.74) is 0. The van der Waals surface area contributed by atoms with Crippen molar-refractivity contribution >= 4 is 18.1 Å². The van der Waals surface area contributed by atoms with E-state index in [4.69, 9.17) is 38.4 Å². The first kappa shape index (κ1) is 23.9. The topological polar surface area (TPSA) is 168 Å². The minimum Gasteiger partial charge on any atom is -0.828 e. The monoisotopic (exact) mass is 236 g/mol. The molecule has 0 heterocycles. The van der Waals surface area contributed by atoms with Gasteiger partial charge in [0.05, 0.1) is 0 Å². The predicted octanol–water partition coefficient (Wildman–Crippen LogP) is -12.5. The van der Waals surface area contributed by atoms with Crippen LogP contribution in [0.15, 0.2) is 0 Å². The Morgan fingerprint density at radius 3 is 0.750 bits per heavy atom. The van der Waals surface area contributed by atoms with Crippen LogP contribution in [0, 0.1) is 0 Å². The fraction of sp³-hybridized carbons (Fsp3) is 0. The minimum atomic E-state index is -5.11. The molecule has 0 bridgehead atoms. The first-order valence-electron chi connectivity index (χ1n) is 1.75. The van der Waals surface area contributed by atoms with Crippen LogP contribution >= 0.6 is 0 Å². The van der Waals surface area contributed by atoms with Gasteiger partial charge < -0.3 is 38.4 Å². The molecule has 0 aliphatic rings. The normalized spacial score (nSPS) is 10.0. The molecule has 0 amide bonds. The van der Waals surface area contributed by atoms with Crippen molar-refractivity contribution in [3.63, 3.8) is 0 Å². The van der Waals surface area contributed by atoms with Crippen LogP contribution in [-0.4, -0.2) is 46.9 Å². The minimum absolute atomic E-state index is 0. The van der Waals surface area contributed by atoms with E-state index < -0.39 is 18.1 Å². The van der Waals surface area contributed by atoms with E-state index in [0.29, 0.717) is 0 Å². The largest absolute Gasteiger partial charge is 1.00 e. The van der Waals surface area contributed by atoms with Crippen molar-refractivity contribution in [2.24, 2.45) is 0 Å². The SMILES string of the molecule is O[Si](O)(O)O.[K+].[Li+].[O-][Si]([O-])(O)O. The van der Waals surface area contributed by atoms with Gasteiger partial charge in [-0.05, 0) is 0 Å². The number of hydrogen-bond acceptors (Lipinski definition) is 8. The van der Waals surface area contributed by atoms with E-state index in [-0.39, 0.29) is 70.2 Å². The molecule has 0 aromatic carbocycles. The van der Waals surface area contributed by atoms with Gasteiger partial charge in [0.1, 0.15) is 9.05 Å². The van der Waals surface area contributed by atoms with E-state index in [1.165, 1.54) is 0 Å². The summed E-state index contributed by atoms with van der Waals surface area (Å²) >= 11 is 0. The number of rotatable bonds is 0. The average molecular weight is 236 g/mol. The van der Waals surface area contributed by atoms with Crippen LogP contribution in [0.4, 0.5) is 0 Å². The fourth-order valence-corrected chi connectivity index (χ4v) is 0. The molecule has 0 aromatic heterocycles. The summed E-state index contributed by atoms with van der Waals surface area (Å²) in [7, 11) is -9.72. The molecule has 0 aliphatic heterocycles. The Bertz CT molecular complexity index is 60.0. The maximum Gasteiger partial charge on any atom is 1.00 e. The molecule has 0 aliphatic carbocycles. The molecule has 0 saturated carbocycles. The van der Waals surface area contributed by atoms with Crippen molar-refractivity contribution in [1.82, 2.24) is 0 Å². The van der Waals surface area contributed by atoms with E-state index in [1.54, 1.807) is 0 Å². The van der Waals surface area contributed by atoms with E-state index in [9.17, 15) is 0 Å². The third-order valence-corrected chi connectivity index (χ3v) is 0. The Hall–Kier alpha value is 2.35. The quantitative estimate of drug-likeness (QED) is 0.225. The van der Waals surface area contributed by atoms with Crippen molar-refractivity contribution in [2.75, 3.05) is 0 Å². The van der Waals surface area contributed by atoms with Gasteiger partial charge in [0.15, 0.2) is 0 Å².